The molecule has 0 N–H and O–H groups in total. The minimum absolute atomic E-state index is 0.0943. The van der Waals surface area contributed by atoms with Gasteiger partial charge in [-0.05, 0) is 27.4 Å². The Kier molecular flexibility index (Phi) is 2.95. The van der Waals surface area contributed by atoms with E-state index >= 15 is 0 Å². The molecule has 0 spiro atoms. The van der Waals surface area contributed by atoms with Crippen LogP contribution in [-0.4, -0.2) is 5.12 Å². The van der Waals surface area contributed by atoms with Crippen LogP contribution in [0.3, 0.4) is 0 Å². The Morgan fingerprint density at radius 2 is 2.50 bits per heavy atom. The second kappa shape index (κ2) is 3.55. The molecule has 0 unspecified atom stereocenters. The van der Waals surface area contributed by atoms with Crippen LogP contribution < -0.4 is 0 Å². The van der Waals surface area contributed by atoms with Gasteiger partial charge in [0.25, 0.3) is 0 Å². The van der Waals surface area contributed by atoms with E-state index in [9.17, 15) is 4.79 Å². The maximum atomic E-state index is 10.5. The highest BCUT2D eigenvalue weighted by atomic mass is 79.9. The Labute approximate surface area is 77.0 Å². The van der Waals surface area contributed by atoms with Gasteiger partial charge in [-0.1, -0.05) is 0 Å². The Morgan fingerprint density at radius 3 is 2.90 bits per heavy atom. The van der Waals surface area contributed by atoms with E-state index in [2.05, 4.69) is 28.6 Å². The van der Waals surface area contributed by atoms with Crippen molar-refractivity contribution in [2.45, 2.75) is 6.42 Å². The van der Waals surface area contributed by atoms with Gasteiger partial charge in [0, 0.05) is 9.35 Å². The highest BCUT2D eigenvalue weighted by Crippen LogP contribution is 2.23. The van der Waals surface area contributed by atoms with Gasteiger partial charge < -0.3 is 0 Å². The zero-order valence-corrected chi connectivity index (χ0v) is 8.30. The molecule has 1 rings (SSSR count). The van der Waals surface area contributed by atoms with Crippen molar-refractivity contribution in [2.24, 2.45) is 0 Å². The van der Waals surface area contributed by atoms with E-state index in [1.54, 1.807) is 11.3 Å². The summed E-state index contributed by atoms with van der Waals surface area (Å²) in [6, 6.07) is 1.93. The lowest BCUT2D eigenvalue weighted by Gasteiger charge is -1.90. The third-order valence-corrected chi connectivity index (χ3v) is 3.09. The van der Waals surface area contributed by atoms with Gasteiger partial charge in [0.05, 0.1) is 6.42 Å². The molecule has 0 bridgehead atoms. The van der Waals surface area contributed by atoms with Crippen LogP contribution in [0.25, 0.3) is 0 Å². The normalized spacial score (nSPS) is 9.80. The zero-order chi connectivity index (χ0) is 7.56. The average molecular weight is 237 g/mol. The summed E-state index contributed by atoms with van der Waals surface area (Å²) in [6.07, 6.45) is 0.418. The second-order valence-electron chi connectivity index (χ2n) is 1.76. The first-order chi connectivity index (χ1) is 4.70. The molecule has 0 aliphatic carbocycles. The Hall–Kier alpha value is 0.200. The van der Waals surface area contributed by atoms with Crippen LogP contribution in [-0.2, 0) is 11.2 Å². The van der Waals surface area contributed by atoms with Crippen LogP contribution in [0.2, 0.25) is 0 Å². The molecule has 1 aromatic heterocycles. The van der Waals surface area contributed by atoms with E-state index in [1.807, 2.05) is 11.4 Å². The molecule has 10 heavy (non-hydrogen) atoms. The minimum atomic E-state index is -0.0943. The number of halogens is 1. The molecule has 0 aromatic carbocycles. The minimum Gasteiger partial charge on any atom is -0.287 e. The largest absolute Gasteiger partial charge is 0.287 e. The van der Waals surface area contributed by atoms with Gasteiger partial charge in [-0.2, -0.15) is 0 Å². The SMILES string of the molecule is O=C(S)Cc1sccc1Br. The van der Waals surface area contributed by atoms with Gasteiger partial charge >= 0.3 is 0 Å². The summed E-state index contributed by atoms with van der Waals surface area (Å²) in [6.45, 7) is 0. The predicted octanol–water partition coefficient (Wildman–Crippen LogP) is 2.51. The molecule has 0 atom stereocenters. The summed E-state index contributed by atoms with van der Waals surface area (Å²) in [7, 11) is 0. The highest BCUT2D eigenvalue weighted by Gasteiger charge is 2.03. The lowest BCUT2D eigenvalue weighted by atomic mass is 10.4. The van der Waals surface area contributed by atoms with E-state index in [1.165, 1.54) is 0 Å². The predicted molar refractivity (Wildman–Crippen MR) is 49.7 cm³/mol. The number of rotatable bonds is 2. The van der Waals surface area contributed by atoms with Crippen LogP contribution in [0, 0.1) is 0 Å². The molecule has 1 nitrogen and oxygen atoms in total. The molecule has 0 radical (unpaired) electrons. The van der Waals surface area contributed by atoms with Crippen LogP contribution in [0.1, 0.15) is 4.88 Å². The first-order valence-corrected chi connectivity index (χ1v) is 4.76. The number of carbonyl (C=O) groups is 1. The van der Waals surface area contributed by atoms with Gasteiger partial charge in [-0.15, -0.1) is 24.0 Å². The first-order valence-electron chi connectivity index (χ1n) is 2.64. The monoisotopic (exact) mass is 236 g/mol. The Bertz CT molecular complexity index is 244. The van der Waals surface area contributed by atoms with Crippen molar-refractivity contribution < 1.29 is 4.79 Å². The fraction of sp³-hybridized carbons (Fsp3) is 0.167. The quantitative estimate of drug-likeness (QED) is 0.782. The van der Waals surface area contributed by atoms with Crippen molar-refractivity contribution >= 4 is 45.0 Å². The van der Waals surface area contributed by atoms with Crippen molar-refractivity contribution in [3.63, 3.8) is 0 Å². The van der Waals surface area contributed by atoms with Gasteiger partial charge in [0.2, 0.25) is 0 Å². The van der Waals surface area contributed by atoms with E-state index < -0.39 is 0 Å². The van der Waals surface area contributed by atoms with Crippen molar-refractivity contribution in [1.82, 2.24) is 0 Å². The lowest BCUT2D eigenvalue weighted by molar-refractivity contribution is -0.110. The van der Waals surface area contributed by atoms with Crippen molar-refractivity contribution in [3.8, 4) is 0 Å². The number of carbonyl (C=O) groups excluding carboxylic acids is 1. The van der Waals surface area contributed by atoms with Crippen LogP contribution in [0.4, 0.5) is 0 Å². The molecule has 0 aliphatic heterocycles. The lowest BCUT2D eigenvalue weighted by Crippen LogP contribution is -1.89. The standard InChI is InChI=1S/C6H5BrOS2/c7-4-1-2-10-5(4)3-6(8)9/h1-2H,3H2,(H,8,9). The molecule has 0 amide bonds. The third kappa shape index (κ3) is 2.11. The molecule has 0 saturated carbocycles. The van der Waals surface area contributed by atoms with Gasteiger partial charge in [0.15, 0.2) is 5.12 Å². The number of hydrogen-bond donors (Lipinski definition) is 1. The number of thiol groups is 1. The van der Waals surface area contributed by atoms with Crippen molar-refractivity contribution in [1.29, 1.82) is 0 Å². The summed E-state index contributed by atoms with van der Waals surface area (Å²) in [5, 5.41) is 1.85. The van der Waals surface area contributed by atoms with Crippen LogP contribution in [0.15, 0.2) is 15.9 Å². The molecule has 0 fully saturated rings. The van der Waals surface area contributed by atoms with Crippen molar-refractivity contribution in [3.05, 3.63) is 20.8 Å². The third-order valence-electron chi connectivity index (χ3n) is 1.00. The summed E-state index contributed by atoms with van der Waals surface area (Å²) in [4.78, 5) is 11.6. The molecular weight excluding hydrogens is 232 g/mol. The molecule has 54 valence electrons. The fourth-order valence-corrected chi connectivity index (χ4v) is 2.34. The molecule has 4 heteroatoms. The second-order valence-corrected chi connectivity index (χ2v) is 4.12. The van der Waals surface area contributed by atoms with E-state index in [4.69, 9.17) is 0 Å². The maximum absolute atomic E-state index is 10.5. The Balaban J connectivity index is 2.74. The van der Waals surface area contributed by atoms with Gasteiger partial charge in [-0.3, -0.25) is 4.79 Å². The number of hydrogen-bond acceptors (Lipinski definition) is 2. The Morgan fingerprint density at radius 1 is 1.80 bits per heavy atom. The average Bonchev–Trinajstić information content (AvgIpc) is 2.15. The zero-order valence-electron chi connectivity index (χ0n) is 5.00. The number of thiophene rings is 1. The summed E-state index contributed by atoms with van der Waals surface area (Å²) >= 11 is 8.56. The molecule has 1 aromatic rings. The summed E-state index contributed by atoms with van der Waals surface area (Å²) < 4.78 is 1.000. The maximum Gasteiger partial charge on any atom is 0.191 e. The van der Waals surface area contributed by atoms with E-state index in [-0.39, 0.29) is 5.12 Å². The molecule has 1 heterocycles. The molecular formula is C6H5BrOS2. The van der Waals surface area contributed by atoms with E-state index in [0.717, 1.165) is 9.35 Å². The van der Waals surface area contributed by atoms with Crippen molar-refractivity contribution in [2.75, 3.05) is 0 Å². The molecule has 0 saturated heterocycles. The smallest absolute Gasteiger partial charge is 0.191 e. The molecule has 0 aliphatic rings. The van der Waals surface area contributed by atoms with Crippen LogP contribution >= 0.6 is 39.9 Å². The highest BCUT2D eigenvalue weighted by molar-refractivity contribution is 9.10. The summed E-state index contributed by atoms with van der Waals surface area (Å²) in [5.74, 6) is 0. The van der Waals surface area contributed by atoms with E-state index in [0.29, 0.717) is 6.42 Å². The first kappa shape index (κ1) is 8.30. The fourth-order valence-electron chi connectivity index (χ4n) is 0.589. The van der Waals surface area contributed by atoms with Gasteiger partial charge in [0.1, 0.15) is 0 Å². The topological polar surface area (TPSA) is 17.1 Å². The summed E-state index contributed by atoms with van der Waals surface area (Å²) in [5.41, 5.74) is 0. The van der Waals surface area contributed by atoms with Gasteiger partial charge in [-0.25, -0.2) is 0 Å². The van der Waals surface area contributed by atoms with Crippen LogP contribution in [0.5, 0.6) is 0 Å².